The number of hydrogen-bond donors (Lipinski definition) is 1. The zero-order valence-electron chi connectivity index (χ0n) is 10.4. The van der Waals surface area contributed by atoms with Gasteiger partial charge in [-0.25, -0.2) is 4.39 Å². The number of hydrogen-bond acceptors (Lipinski definition) is 2. The molecule has 0 saturated carbocycles. The van der Waals surface area contributed by atoms with Gasteiger partial charge in [-0.1, -0.05) is 6.07 Å². The van der Waals surface area contributed by atoms with E-state index in [0.29, 0.717) is 12.1 Å². The maximum atomic E-state index is 13.0. The Morgan fingerprint density at radius 3 is 2.24 bits per heavy atom. The summed E-state index contributed by atoms with van der Waals surface area (Å²) >= 11 is 0. The Bertz CT molecular complexity index is 468. The fourth-order valence-corrected chi connectivity index (χ4v) is 1.52. The molecule has 0 aliphatic rings. The van der Waals surface area contributed by atoms with Gasteiger partial charge >= 0.3 is 12.4 Å². The van der Waals surface area contributed by atoms with Crippen molar-refractivity contribution in [1.82, 2.24) is 0 Å². The van der Waals surface area contributed by atoms with Crippen molar-refractivity contribution in [3.8, 4) is 0 Å². The van der Waals surface area contributed by atoms with Crippen molar-refractivity contribution in [2.24, 2.45) is 0 Å². The first-order chi connectivity index (χ1) is 9.50. The maximum absolute atomic E-state index is 13.0. The molecule has 0 aliphatic heterocycles. The Morgan fingerprint density at radius 1 is 1.10 bits per heavy atom. The zero-order valence-corrected chi connectivity index (χ0v) is 10.4. The van der Waals surface area contributed by atoms with Gasteiger partial charge in [0.2, 0.25) is 0 Å². The molecule has 21 heavy (non-hydrogen) atoms. The monoisotopic (exact) mass is 320 g/mol. The van der Waals surface area contributed by atoms with E-state index < -0.39 is 43.1 Å². The Balaban J connectivity index is 2.65. The summed E-state index contributed by atoms with van der Waals surface area (Å²) in [6.45, 7) is -2.02. The molecule has 1 rings (SSSR count). The number of ether oxygens (including phenoxy) is 1. The highest BCUT2D eigenvalue weighted by Crippen LogP contribution is 2.33. The molecule has 0 saturated heterocycles. The SMILES string of the molecule is OC(CCOCC(F)(F)F)c1ccc(F)c(C(F)(F)F)c1. The highest BCUT2D eigenvalue weighted by atomic mass is 19.4. The molecular weight excluding hydrogens is 309 g/mol. The summed E-state index contributed by atoms with van der Waals surface area (Å²) in [5.41, 5.74) is -1.80. The molecule has 0 aromatic heterocycles. The molecule has 9 heteroatoms. The first-order valence-electron chi connectivity index (χ1n) is 5.70. The summed E-state index contributed by atoms with van der Waals surface area (Å²) in [6, 6.07) is 1.89. The first-order valence-corrected chi connectivity index (χ1v) is 5.70. The minimum atomic E-state index is -4.92. The van der Waals surface area contributed by atoms with Crippen LogP contribution in [0.15, 0.2) is 18.2 Å². The molecule has 0 radical (unpaired) electrons. The molecule has 0 amide bonds. The van der Waals surface area contributed by atoms with Gasteiger partial charge in [-0.3, -0.25) is 0 Å². The third kappa shape index (κ3) is 5.88. The highest BCUT2D eigenvalue weighted by molar-refractivity contribution is 5.28. The molecular formula is C12H11F7O2. The molecule has 1 atom stereocenters. The van der Waals surface area contributed by atoms with Crippen LogP contribution < -0.4 is 0 Å². The predicted octanol–water partition coefficient (Wildman–Crippen LogP) is 3.85. The normalized spacial score (nSPS) is 14.3. The summed E-state index contributed by atoms with van der Waals surface area (Å²) in [7, 11) is 0. The number of halogens is 7. The topological polar surface area (TPSA) is 29.5 Å². The van der Waals surface area contributed by atoms with E-state index in [-0.39, 0.29) is 12.0 Å². The van der Waals surface area contributed by atoms with Crippen LogP contribution in [0.5, 0.6) is 0 Å². The van der Waals surface area contributed by atoms with Crippen LogP contribution in [0, 0.1) is 5.82 Å². The van der Waals surface area contributed by atoms with Gasteiger partial charge in [-0.15, -0.1) is 0 Å². The van der Waals surface area contributed by atoms with E-state index in [1.165, 1.54) is 0 Å². The lowest BCUT2D eigenvalue weighted by atomic mass is 10.0. The van der Waals surface area contributed by atoms with Crippen molar-refractivity contribution in [3.63, 3.8) is 0 Å². The lowest BCUT2D eigenvalue weighted by Gasteiger charge is -2.15. The second-order valence-corrected chi connectivity index (χ2v) is 4.21. The van der Waals surface area contributed by atoms with Gasteiger partial charge in [0.15, 0.2) is 0 Å². The van der Waals surface area contributed by atoms with Gasteiger partial charge in [-0.2, -0.15) is 26.3 Å². The third-order valence-corrected chi connectivity index (χ3v) is 2.48. The van der Waals surface area contributed by atoms with E-state index in [1.54, 1.807) is 0 Å². The smallest absolute Gasteiger partial charge is 0.388 e. The van der Waals surface area contributed by atoms with Crippen LogP contribution in [0.25, 0.3) is 0 Å². The second kappa shape index (κ2) is 6.61. The average molecular weight is 320 g/mol. The van der Waals surface area contributed by atoms with E-state index in [1.807, 2.05) is 0 Å². The zero-order chi connectivity index (χ0) is 16.3. The van der Waals surface area contributed by atoms with Crippen LogP contribution in [-0.4, -0.2) is 24.5 Å². The fourth-order valence-electron chi connectivity index (χ4n) is 1.52. The number of rotatable bonds is 5. The Morgan fingerprint density at radius 2 is 1.71 bits per heavy atom. The standard InChI is InChI=1S/C12H11F7O2/c13-9-2-1-7(5-8(9)12(17,18)19)10(20)3-4-21-6-11(14,15)16/h1-2,5,10,20H,3-4,6H2. The summed E-state index contributed by atoms with van der Waals surface area (Å²) in [4.78, 5) is 0. The van der Waals surface area contributed by atoms with Gasteiger partial charge in [0.05, 0.1) is 11.7 Å². The number of alkyl halides is 6. The van der Waals surface area contributed by atoms with Crippen LogP contribution >= 0.6 is 0 Å². The predicted molar refractivity (Wildman–Crippen MR) is 57.9 cm³/mol. The van der Waals surface area contributed by atoms with Crippen LogP contribution in [0.4, 0.5) is 30.7 Å². The van der Waals surface area contributed by atoms with E-state index in [2.05, 4.69) is 4.74 Å². The quantitative estimate of drug-likeness (QED) is 0.660. The molecule has 0 spiro atoms. The van der Waals surface area contributed by atoms with Gasteiger partial charge < -0.3 is 9.84 Å². The van der Waals surface area contributed by atoms with Gasteiger partial charge in [-0.05, 0) is 17.7 Å². The van der Waals surface area contributed by atoms with Crippen LogP contribution in [0.2, 0.25) is 0 Å². The lowest BCUT2D eigenvalue weighted by Crippen LogP contribution is -2.18. The van der Waals surface area contributed by atoms with Crippen molar-refractivity contribution in [2.45, 2.75) is 24.9 Å². The molecule has 0 heterocycles. The molecule has 0 aliphatic carbocycles. The summed E-state index contributed by atoms with van der Waals surface area (Å²) in [5.74, 6) is -1.49. The Kier molecular flexibility index (Phi) is 5.57. The van der Waals surface area contributed by atoms with Crippen molar-refractivity contribution < 1.29 is 40.6 Å². The Labute approximate surface area is 115 Å². The van der Waals surface area contributed by atoms with E-state index in [0.717, 1.165) is 6.07 Å². The van der Waals surface area contributed by atoms with Crippen molar-refractivity contribution in [1.29, 1.82) is 0 Å². The molecule has 1 N–H and O–H groups in total. The van der Waals surface area contributed by atoms with Gasteiger partial charge in [0.25, 0.3) is 0 Å². The molecule has 1 unspecified atom stereocenters. The van der Waals surface area contributed by atoms with Gasteiger partial charge in [0, 0.05) is 13.0 Å². The van der Waals surface area contributed by atoms with Crippen LogP contribution in [0.3, 0.4) is 0 Å². The summed E-state index contributed by atoms with van der Waals surface area (Å²) < 4.78 is 90.0. The molecule has 0 fully saturated rings. The van der Waals surface area contributed by atoms with E-state index in [9.17, 15) is 35.8 Å². The van der Waals surface area contributed by atoms with Crippen LogP contribution in [-0.2, 0) is 10.9 Å². The Hall–Kier alpha value is -1.35. The first kappa shape index (κ1) is 17.7. The summed E-state index contributed by atoms with van der Waals surface area (Å²) in [5, 5.41) is 9.58. The minimum Gasteiger partial charge on any atom is -0.388 e. The van der Waals surface area contributed by atoms with Crippen molar-refractivity contribution in [2.75, 3.05) is 13.2 Å². The van der Waals surface area contributed by atoms with E-state index >= 15 is 0 Å². The van der Waals surface area contributed by atoms with Crippen molar-refractivity contribution >= 4 is 0 Å². The van der Waals surface area contributed by atoms with Crippen LogP contribution in [0.1, 0.15) is 23.7 Å². The third-order valence-electron chi connectivity index (χ3n) is 2.48. The highest BCUT2D eigenvalue weighted by Gasteiger charge is 2.34. The summed E-state index contributed by atoms with van der Waals surface area (Å²) in [6.07, 6.45) is -11.3. The minimum absolute atomic E-state index is 0.251. The maximum Gasteiger partial charge on any atom is 0.419 e. The molecule has 1 aromatic rings. The molecule has 2 nitrogen and oxygen atoms in total. The largest absolute Gasteiger partial charge is 0.419 e. The lowest BCUT2D eigenvalue weighted by molar-refractivity contribution is -0.175. The average Bonchev–Trinajstić information content (AvgIpc) is 2.32. The molecule has 1 aromatic carbocycles. The number of benzene rings is 1. The fraction of sp³-hybridized carbons (Fsp3) is 0.500. The second-order valence-electron chi connectivity index (χ2n) is 4.21. The number of aliphatic hydroxyl groups excluding tert-OH is 1. The van der Waals surface area contributed by atoms with E-state index in [4.69, 9.17) is 0 Å². The van der Waals surface area contributed by atoms with Crippen molar-refractivity contribution in [3.05, 3.63) is 35.1 Å². The number of aliphatic hydroxyl groups is 1. The molecule has 0 bridgehead atoms. The van der Waals surface area contributed by atoms with Gasteiger partial charge in [0.1, 0.15) is 12.4 Å². The molecule has 120 valence electrons.